The predicted octanol–water partition coefficient (Wildman–Crippen LogP) is 4.16. The summed E-state index contributed by atoms with van der Waals surface area (Å²) in [5, 5.41) is 3.06. The molecule has 2 aromatic rings. The molecule has 0 aliphatic heterocycles. The molecule has 0 fully saturated rings. The number of benzene rings is 2. The average Bonchev–Trinajstić information content (AvgIpc) is 2.41. The van der Waals surface area contributed by atoms with Gasteiger partial charge in [-0.3, -0.25) is 0 Å². The Hall–Kier alpha value is -1.40. The largest absolute Gasteiger partial charge is 0.377 e. The average molecular weight is 372 g/mol. The molecule has 1 unspecified atom stereocenters. The minimum Gasteiger partial charge on any atom is -0.377 e. The molecule has 0 aromatic heterocycles. The van der Waals surface area contributed by atoms with Crippen LogP contribution in [0.1, 0.15) is 18.5 Å². The Morgan fingerprint density at radius 1 is 1.19 bits per heavy atom. The Labute approximate surface area is 132 Å². The van der Waals surface area contributed by atoms with Crippen LogP contribution < -0.4 is 5.32 Å². The Morgan fingerprint density at radius 2 is 1.86 bits per heavy atom. The van der Waals surface area contributed by atoms with Crippen LogP contribution in [0.15, 0.2) is 51.8 Å². The first-order chi connectivity index (χ1) is 9.79. The molecule has 0 saturated heterocycles. The number of anilines is 1. The molecule has 0 aliphatic rings. The van der Waals surface area contributed by atoms with Crippen molar-refractivity contribution in [3.05, 3.63) is 58.3 Å². The van der Waals surface area contributed by atoms with Gasteiger partial charge in [-0.1, -0.05) is 28.1 Å². The van der Waals surface area contributed by atoms with Crippen LogP contribution in [0, 0.1) is 5.82 Å². The van der Waals surface area contributed by atoms with Crippen LogP contribution in [0.2, 0.25) is 0 Å². The lowest BCUT2D eigenvalue weighted by Gasteiger charge is -2.18. The third kappa shape index (κ3) is 3.83. The molecule has 112 valence electrons. The maximum atomic E-state index is 13.9. The van der Waals surface area contributed by atoms with Crippen LogP contribution in [-0.2, 0) is 9.84 Å². The number of hydrogen-bond donors (Lipinski definition) is 1. The van der Waals surface area contributed by atoms with E-state index in [1.54, 1.807) is 37.3 Å². The van der Waals surface area contributed by atoms with E-state index in [4.69, 9.17) is 0 Å². The molecule has 0 saturated carbocycles. The third-order valence-electron chi connectivity index (χ3n) is 3.08. The summed E-state index contributed by atoms with van der Waals surface area (Å²) >= 11 is 3.31. The first-order valence-corrected chi connectivity index (χ1v) is 8.98. The third-order valence-corrected chi connectivity index (χ3v) is 4.73. The number of sulfone groups is 1. The first-order valence-electron chi connectivity index (χ1n) is 6.29. The van der Waals surface area contributed by atoms with Crippen molar-refractivity contribution in [1.82, 2.24) is 0 Å². The number of para-hydroxylation sites is 1. The standard InChI is InChI=1S/C15H15BrFNO2S/c1-10(12-9-11(16)7-8-13(12)17)18-14-5-3-4-6-15(14)21(2,19)20/h3-10,18H,1-2H3. The summed E-state index contributed by atoms with van der Waals surface area (Å²) < 4.78 is 38.2. The van der Waals surface area contributed by atoms with Crippen LogP contribution in [-0.4, -0.2) is 14.7 Å². The van der Waals surface area contributed by atoms with Gasteiger partial charge in [-0.05, 0) is 37.3 Å². The number of rotatable bonds is 4. The van der Waals surface area contributed by atoms with Crippen molar-refractivity contribution in [3.8, 4) is 0 Å². The Morgan fingerprint density at radius 3 is 2.52 bits per heavy atom. The topological polar surface area (TPSA) is 46.2 Å². The highest BCUT2D eigenvalue weighted by Gasteiger charge is 2.16. The molecule has 6 heteroatoms. The van der Waals surface area contributed by atoms with E-state index in [9.17, 15) is 12.8 Å². The zero-order valence-corrected chi connectivity index (χ0v) is 14.0. The van der Waals surface area contributed by atoms with Crippen molar-refractivity contribution >= 4 is 31.5 Å². The zero-order chi connectivity index (χ0) is 15.6. The summed E-state index contributed by atoms with van der Waals surface area (Å²) in [4.78, 5) is 0.201. The molecule has 1 N–H and O–H groups in total. The van der Waals surface area contributed by atoms with E-state index in [-0.39, 0.29) is 16.8 Å². The molecule has 2 aromatic carbocycles. The fourth-order valence-corrected chi connectivity index (χ4v) is 3.30. The minimum atomic E-state index is -3.35. The maximum Gasteiger partial charge on any atom is 0.177 e. The van der Waals surface area contributed by atoms with Crippen molar-refractivity contribution in [1.29, 1.82) is 0 Å². The van der Waals surface area contributed by atoms with Gasteiger partial charge in [-0.25, -0.2) is 12.8 Å². The fraction of sp³-hybridized carbons (Fsp3) is 0.200. The van der Waals surface area contributed by atoms with Crippen LogP contribution >= 0.6 is 15.9 Å². The summed E-state index contributed by atoms with van der Waals surface area (Å²) in [6.07, 6.45) is 1.15. The van der Waals surface area contributed by atoms with Gasteiger partial charge >= 0.3 is 0 Å². The highest BCUT2D eigenvalue weighted by atomic mass is 79.9. The smallest absolute Gasteiger partial charge is 0.177 e. The molecule has 2 rings (SSSR count). The van der Waals surface area contributed by atoms with Gasteiger partial charge in [0.05, 0.1) is 16.6 Å². The molecular weight excluding hydrogens is 357 g/mol. The van der Waals surface area contributed by atoms with Crippen LogP contribution in [0.25, 0.3) is 0 Å². The van der Waals surface area contributed by atoms with E-state index in [0.717, 1.165) is 10.7 Å². The van der Waals surface area contributed by atoms with Gasteiger partial charge in [0, 0.05) is 16.3 Å². The number of halogens is 2. The first kappa shape index (κ1) is 16.0. The fourth-order valence-electron chi connectivity index (χ4n) is 2.07. The second-order valence-electron chi connectivity index (χ2n) is 4.80. The van der Waals surface area contributed by atoms with E-state index in [1.807, 2.05) is 0 Å². The lowest BCUT2D eigenvalue weighted by molar-refractivity contribution is 0.598. The van der Waals surface area contributed by atoms with E-state index in [1.165, 1.54) is 12.1 Å². The number of nitrogens with one attached hydrogen (secondary N) is 1. The highest BCUT2D eigenvalue weighted by Crippen LogP contribution is 2.28. The van der Waals surface area contributed by atoms with Crippen molar-refractivity contribution in [2.75, 3.05) is 11.6 Å². The summed E-state index contributed by atoms with van der Waals surface area (Å²) in [7, 11) is -3.35. The molecule has 0 bridgehead atoms. The maximum absolute atomic E-state index is 13.9. The predicted molar refractivity (Wildman–Crippen MR) is 85.7 cm³/mol. The van der Waals surface area contributed by atoms with Gasteiger partial charge in [-0.2, -0.15) is 0 Å². The van der Waals surface area contributed by atoms with E-state index < -0.39 is 9.84 Å². The lowest BCUT2D eigenvalue weighted by Crippen LogP contribution is -2.11. The molecule has 21 heavy (non-hydrogen) atoms. The van der Waals surface area contributed by atoms with E-state index in [0.29, 0.717) is 11.3 Å². The van der Waals surface area contributed by atoms with Gasteiger partial charge in [0.1, 0.15) is 5.82 Å². The molecule has 0 amide bonds. The second kappa shape index (κ2) is 6.15. The molecule has 0 heterocycles. The summed E-state index contributed by atoms with van der Waals surface area (Å²) in [6, 6.07) is 10.9. The quantitative estimate of drug-likeness (QED) is 0.877. The van der Waals surface area contributed by atoms with Crippen LogP contribution in [0.3, 0.4) is 0 Å². The van der Waals surface area contributed by atoms with E-state index in [2.05, 4.69) is 21.2 Å². The van der Waals surface area contributed by atoms with Gasteiger partial charge in [0.25, 0.3) is 0 Å². The van der Waals surface area contributed by atoms with Gasteiger partial charge in [0.15, 0.2) is 9.84 Å². The summed E-state index contributed by atoms with van der Waals surface area (Å²) in [5.74, 6) is -0.338. The normalized spacial score (nSPS) is 13.0. The molecule has 1 atom stereocenters. The Bertz CT molecular complexity index is 762. The highest BCUT2D eigenvalue weighted by molar-refractivity contribution is 9.10. The molecule has 0 radical (unpaired) electrons. The summed E-state index contributed by atoms with van der Waals surface area (Å²) in [5.41, 5.74) is 0.930. The number of hydrogen-bond acceptors (Lipinski definition) is 3. The zero-order valence-electron chi connectivity index (χ0n) is 11.6. The van der Waals surface area contributed by atoms with Crippen LogP contribution in [0.4, 0.5) is 10.1 Å². The monoisotopic (exact) mass is 371 g/mol. The molecule has 3 nitrogen and oxygen atoms in total. The summed E-state index contributed by atoms with van der Waals surface area (Å²) in [6.45, 7) is 1.78. The van der Waals surface area contributed by atoms with Gasteiger partial charge in [0.2, 0.25) is 0 Å². The molecule has 0 spiro atoms. The van der Waals surface area contributed by atoms with Gasteiger partial charge < -0.3 is 5.32 Å². The minimum absolute atomic E-state index is 0.201. The van der Waals surface area contributed by atoms with Crippen molar-refractivity contribution in [3.63, 3.8) is 0 Å². The lowest BCUT2D eigenvalue weighted by atomic mass is 10.1. The molecular formula is C15H15BrFNO2S. The Balaban J connectivity index is 2.37. The van der Waals surface area contributed by atoms with Crippen molar-refractivity contribution in [2.45, 2.75) is 17.9 Å². The van der Waals surface area contributed by atoms with Crippen LogP contribution in [0.5, 0.6) is 0 Å². The SMILES string of the molecule is CC(Nc1ccccc1S(C)(=O)=O)c1cc(Br)ccc1F. The van der Waals surface area contributed by atoms with E-state index >= 15 is 0 Å². The van der Waals surface area contributed by atoms with Crippen molar-refractivity contribution in [2.24, 2.45) is 0 Å². The van der Waals surface area contributed by atoms with Crippen molar-refractivity contribution < 1.29 is 12.8 Å². The molecule has 0 aliphatic carbocycles. The Kier molecular flexibility index (Phi) is 4.68. The van der Waals surface area contributed by atoms with Gasteiger partial charge in [-0.15, -0.1) is 0 Å². The second-order valence-corrected chi connectivity index (χ2v) is 7.70.